The number of nitrogens with zero attached hydrogens (tertiary/aromatic N) is 4. The highest BCUT2D eigenvalue weighted by Crippen LogP contribution is 2.29. The second-order valence-corrected chi connectivity index (χ2v) is 10.5. The summed E-state index contributed by atoms with van der Waals surface area (Å²) in [5, 5.41) is 0.466. The third kappa shape index (κ3) is 5.80. The Hall–Kier alpha value is -2.05. The van der Waals surface area contributed by atoms with Gasteiger partial charge < -0.3 is 9.80 Å². The van der Waals surface area contributed by atoms with Gasteiger partial charge in [-0.25, -0.2) is 4.98 Å². The van der Waals surface area contributed by atoms with Gasteiger partial charge in [-0.3, -0.25) is 9.69 Å². The lowest BCUT2D eigenvalue weighted by Gasteiger charge is -2.39. The van der Waals surface area contributed by atoms with Crippen LogP contribution in [-0.4, -0.2) is 71.8 Å². The highest BCUT2D eigenvalue weighted by Gasteiger charge is 2.28. The molecule has 0 bridgehead atoms. The second-order valence-electron chi connectivity index (χ2n) is 8.90. The Kier molecular flexibility index (Phi) is 7.51. The molecule has 5 nitrogen and oxygen atoms in total. The number of anilines is 1. The van der Waals surface area contributed by atoms with E-state index in [9.17, 15) is 4.79 Å². The van der Waals surface area contributed by atoms with E-state index in [4.69, 9.17) is 0 Å². The number of hydrogen-bond donors (Lipinski definition) is 0. The van der Waals surface area contributed by atoms with Gasteiger partial charge in [-0.2, -0.15) is 0 Å². The summed E-state index contributed by atoms with van der Waals surface area (Å²) in [4.78, 5) is 26.0. The number of likely N-dealkylation sites (tertiary alicyclic amines) is 1. The van der Waals surface area contributed by atoms with E-state index < -0.39 is 0 Å². The molecule has 0 spiro atoms. The van der Waals surface area contributed by atoms with Crippen molar-refractivity contribution in [3.8, 4) is 0 Å². The van der Waals surface area contributed by atoms with Crippen molar-refractivity contribution < 1.29 is 4.79 Å². The number of piperidine rings is 1. The molecule has 0 radical (unpaired) electrons. The Morgan fingerprint density at radius 1 is 1.06 bits per heavy atom. The van der Waals surface area contributed by atoms with Crippen molar-refractivity contribution in [1.29, 1.82) is 0 Å². The van der Waals surface area contributed by atoms with Crippen LogP contribution in [0.15, 0.2) is 53.6 Å². The van der Waals surface area contributed by atoms with Gasteiger partial charge in [-0.1, -0.05) is 32.0 Å². The number of benzene rings is 1. The largest absolute Gasteiger partial charge is 0.354 e. The van der Waals surface area contributed by atoms with Crippen LogP contribution in [0.25, 0.3) is 0 Å². The molecule has 1 atom stereocenters. The van der Waals surface area contributed by atoms with Crippen molar-refractivity contribution in [2.45, 2.75) is 36.8 Å². The van der Waals surface area contributed by atoms with Gasteiger partial charge >= 0.3 is 0 Å². The molecule has 3 heterocycles. The average Bonchev–Trinajstić information content (AvgIpc) is 2.80. The molecule has 2 fully saturated rings. The maximum absolute atomic E-state index is 13.3. The molecule has 31 heavy (non-hydrogen) atoms. The normalized spacial score (nSPS) is 20.3. The molecule has 2 aliphatic rings. The number of pyridine rings is 1. The highest BCUT2D eigenvalue weighted by molar-refractivity contribution is 8.00. The van der Waals surface area contributed by atoms with Crippen LogP contribution >= 0.6 is 11.8 Å². The van der Waals surface area contributed by atoms with Crippen molar-refractivity contribution in [3.05, 3.63) is 54.2 Å². The van der Waals surface area contributed by atoms with Gasteiger partial charge in [0.25, 0.3) is 5.91 Å². The third-order valence-electron chi connectivity index (χ3n) is 6.15. The van der Waals surface area contributed by atoms with Gasteiger partial charge in [0.15, 0.2) is 0 Å². The molecule has 1 aromatic carbocycles. The zero-order valence-corrected chi connectivity index (χ0v) is 19.6. The van der Waals surface area contributed by atoms with E-state index in [0.717, 1.165) is 68.5 Å². The molecule has 2 aromatic rings. The minimum absolute atomic E-state index is 0.202. The molecule has 6 heteroatoms. The molecule has 4 rings (SSSR count). The van der Waals surface area contributed by atoms with Gasteiger partial charge in [0, 0.05) is 62.2 Å². The smallest absolute Gasteiger partial charge is 0.254 e. The van der Waals surface area contributed by atoms with Gasteiger partial charge in [-0.05, 0) is 43.0 Å². The van der Waals surface area contributed by atoms with Crippen molar-refractivity contribution >= 4 is 23.5 Å². The Labute approximate surface area is 190 Å². The summed E-state index contributed by atoms with van der Waals surface area (Å²) in [7, 11) is 0. The van der Waals surface area contributed by atoms with E-state index in [0.29, 0.717) is 11.2 Å². The Bertz CT molecular complexity index is 852. The van der Waals surface area contributed by atoms with E-state index >= 15 is 0 Å². The summed E-state index contributed by atoms with van der Waals surface area (Å²) in [6, 6.07) is 14.2. The van der Waals surface area contributed by atoms with E-state index in [2.05, 4.69) is 51.7 Å². The van der Waals surface area contributed by atoms with Crippen LogP contribution in [0.4, 0.5) is 5.82 Å². The maximum atomic E-state index is 13.3. The number of rotatable bonds is 6. The van der Waals surface area contributed by atoms with Gasteiger partial charge in [0.2, 0.25) is 0 Å². The van der Waals surface area contributed by atoms with Crippen LogP contribution in [0.5, 0.6) is 0 Å². The lowest BCUT2D eigenvalue weighted by atomic mass is 9.96. The summed E-state index contributed by atoms with van der Waals surface area (Å²) >= 11 is 1.78. The molecular formula is C25H34N4OS. The predicted octanol–water partition coefficient (Wildman–Crippen LogP) is 4.26. The fraction of sp³-hybridized carbons (Fsp3) is 0.520. The minimum atomic E-state index is 0.202. The molecule has 2 saturated heterocycles. The van der Waals surface area contributed by atoms with Crippen LogP contribution in [0.3, 0.4) is 0 Å². The standard InChI is InChI=1S/C25H34N4OS/c1-20(2)31-23-10-4-3-9-22(23)25(30)29-13-7-8-21(19-29)18-27-14-16-28(17-15-27)24-11-5-6-12-26-24/h3-6,9-12,20-21H,7-8,13-19H2,1-2H3. The number of hydrogen-bond acceptors (Lipinski definition) is 5. The third-order valence-corrected chi connectivity index (χ3v) is 7.23. The molecule has 0 N–H and O–H groups in total. The summed E-state index contributed by atoms with van der Waals surface area (Å²) in [6.45, 7) is 11.4. The van der Waals surface area contributed by atoms with Gasteiger partial charge in [-0.15, -0.1) is 11.8 Å². The van der Waals surface area contributed by atoms with Crippen LogP contribution in [0.2, 0.25) is 0 Å². The Morgan fingerprint density at radius 2 is 1.84 bits per heavy atom. The maximum Gasteiger partial charge on any atom is 0.254 e. The van der Waals surface area contributed by atoms with Crippen LogP contribution in [0.1, 0.15) is 37.0 Å². The Morgan fingerprint density at radius 3 is 2.58 bits per heavy atom. The summed E-state index contributed by atoms with van der Waals surface area (Å²) in [5.41, 5.74) is 0.867. The molecule has 1 aromatic heterocycles. The van der Waals surface area contributed by atoms with Gasteiger partial charge in [0.05, 0.1) is 5.56 Å². The predicted molar refractivity (Wildman–Crippen MR) is 129 cm³/mol. The number of thioether (sulfide) groups is 1. The zero-order chi connectivity index (χ0) is 21.6. The number of carbonyl (C=O) groups is 1. The zero-order valence-electron chi connectivity index (χ0n) is 18.7. The van der Waals surface area contributed by atoms with Crippen molar-refractivity contribution in [2.75, 3.05) is 50.7 Å². The van der Waals surface area contributed by atoms with E-state index in [1.54, 1.807) is 11.8 Å². The SMILES string of the molecule is CC(C)Sc1ccccc1C(=O)N1CCCC(CN2CCN(c3ccccn3)CC2)C1. The van der Waals surface area contributed by atoms with Crippen LogP contribution in [0, 0.1) is 5.92 Å². The van der Waals surface area contributed by atoms with Crippen molar-refractivity contribution in [1.82, 2.24) is 14.8 Å². The molecule has 1 amide bonds. The van der Waals surface area contributed by atoms with E-state index in [1.165, 1.54) is 6.42 Å². The van der Waals surface area contributed by atoms with Crippen molar-refractivity contribution in [3.63, 3.8) is 0 Å². The van der Waals surface area contributed by atoms with Gasteiger partial charge in [0.1, 0.15) is 5.82 Å². The lowest BCUT2D eigenvalue weighted by Crippen LogP contribution is -2.50. The second kappa shape index (κ2) is 10.5. The number of amides is 1. The molecule has 0 aliphatic carbocycles. The topological polar surface area (TPSA) is 39.7 Å². The molecule has 1 unspecified atom stereocenters. The number of piperazine rings is 1. The molecule has 2 aliphatic heterocycles. The molecular weight excluding hydrogens is 404 g/mol. The first-order chi connectivity index (χ1) is 15.1. The highest BCUT2D eigenvalue weighted by atomic mass is 32.2. The van der Waals surface area contributed by atoms with E-state index in [1.807, 2.05) is 30.5 Å². The number of aromatic nitrogens is 1. The fourth-order valence-corrected chi connectivity index (χ4v) is 5.58. The first-order valence-corrected chi connectivity index (χ1v) is 12.4. The summed E-state index contributed by atoms with van der Waals surface area (Å²) in [6.07, 6.45) is 4.18. The first kappa shape index (κ1) is 22.2. The molecule has 0 saturated carbocycles. The first-order valence-electron chi connectivity index (χ1n) is 11.5. The fourth-order valence-electron chi connectivity index (χ4n) is 4.63. The monoisotopic (exact) mass is 438 g/mol. The Balaban J connectivity index is 1.32. The summed E-state index contributed by atoms with van der Waals surface area (Å²) < 4.78 is 0. The lowest BCUT2D eigenvalue weighted by molar-refractivity contribution is 0.0634. The van der Waals surface area contributed by atoms with Crippen LogP contribution < -0.4 is 4.90 Å². The van der Waals surface area contributed by atoms with Crippen molar-refractivity contribution in [2.24, 2.45) is 5.92 Å². The van der Waals surface area contributed by atoms with E-state index in [-0.39, 0.29) is 5.91 Å². The van der Waals surface area contributed by atoms with Crippen LogP contribution in [-0.2, 0) is 0 Å². The average molecular weight is 439 g/mol. The minimum Gasteiger partial charge on any atom is -0.354 e. The quantitative estimate of drug-likeness (QED) is 0.631. The molecule has 166 valence electrons. The number of carbonyl (C=O) groups excluding carboxylic acids is 1. The summed E-state index contributed by atoms with van der Waals surface area (Å²) in [5.74, 6) is 1.84.